The van der Waals surface area contributed by atoms with Gasteiger partial charge in [0.25, 0.3) is 0 Å². The van der Waals surface area contributed by atoms with Gasteiger partial charge in [-0.1, -0.05) is 33.6 Å². The van der Waals surface area contributed by atoms with E-state index in [1.54, 1.807) is 18.2 Å². The molecule has 0 saturated heterocycles. The average molecular weight is 323 g/mol. The molecule has 0 atom stereocenters. The number of nitriles is 1. The molecular weight excluding hydrogens is 314 g/mol. The minimum Gasteiger partial charge on any atom is -0.456 e. The molecule has 0 fully saturated rings. The molecule has 2 nitrogen and oxygen atoms in total. The van der Waals surface area contributed by atoms with Crippen molar-refractivity contribution in [3.8, 4) is 17.6 Å². The molecule has 0 aromatic heterocycles. The number of aryl methyl sites for hydroxylation is 1. The Morgan fingerprint density at radius 1 is 1.22 bits per heavy atom. The Kier molecular flexibility index (Phi) is 3.90. The van der Waals surface area contributed by atoms with Crippen LogP contribution in [0.25, 0.3) is 0 Å². The SMILES string of the molecule is Cc1ccc(Oc2cc(Br)cc(C#N)c2)c(Cl)c1. The molecule has 0 unspecified atom stereocenters. The second-order valence-electron chi connectivity index (χ2n) is 3.82. The van der Waals surface area contributed by atoms with Crippen molar-refractivity contribution in [2.24, 2.45) is 0 Å². The lowest BCUT2D eigenvalue weighted by Gasteiger charge is -2.08. The summed E-state index contributed by atoms with van der Waals surface area (Å²) in [5.41, 5.74) is 1.60. The van der Waals surface area contributed by atoms with E-state index in [1.165, 1.54) is 0 Å². The Hall–Kier alpha value is -1.50. The Morgan fingerprint density at radius 3 is 2.67 bits per heavy atom. The summed E-state index contributed by atoms with van der Waals surface area (Å²) in [6.07, 6.45) is 0. The van der Waals surface area contributed by atoms with E-state index in [9.17, 15) is 0 Å². The fourth-order valence-electron chi connectivity index (χ4n) is 1.50. The first-order chi connectivity index (χ1) is 8.58. The zero-order valence-corrected chi connectivity index (χ0v) is 11.9. The summed E-state index contributed by atoms with van der Waals surface area (Å²) in [5, 5.41) is 9.44. The van der Waals surface area contributed by atoms with Gasteiger partial charge < -0.3 is 4.74 Å². The smallest absolute Gasteiger partial charge is 0.146 e. The molecular formula is C14H9BrClNO. The van der Waals surface area contributed by atoms with Gasteiger partial charge in [0.05, 0.1) is 16.7 Å². The van der Waals surface area contributed by atoms with Crippen molar-refractivity contribution in [1.29, 1.82) is 5.26 Å². The van der Waals surface area contributed by atoms with E-state index in [0.29, 0.717) is 22.1 Å². The van der Waals surface area contributed by atoms with Gasteiger partial charge in [0, 0.05) is 4.47 Å². The molecule has 0 heterocycles. The van der Waals surface area contributed by atoms with Gasteiger partial charge in [0.2, 0.25) is 0 Å². The molecule has 2 aromatic rings. The summed E-state index contributed by atoms with van der Waals surface area (Å²) in [4.78, 5) is 0. The maximum Gasteiger partial charge on any atom is 0.146 e. The Labute approximate surface area is 119 Å². The van der Waals surface area contributed by atoms with Gasteiger partial charge in [0.1, 0.15) is 11.5 Å². The molecule has 0 N–H and O–H groups in total. The first-order valence-electron chi connectivity index (χ1n) is 5.23. The molecule has 2 aromatic carbocycles. The van der Waals surface area contributed by atoms with Crippen LogP contribution in [0.2, 0.25) is 5.02 Å². The highest BCUT2D eigenvalue weighted by Crippen LogP contribution is 2.31. The van der Waals surface area contributed by atoms with Gasteiger partial charge in [-0.15, -0.1) is 0 Å². The monoisotopic (exact) mass is 321 g/mol. The van der Waals surface area contributed by atoms with E-state index >= 15 is 0 Å². The fraction of sp³-hybridized carbons (Fsp3) is 0.0714. The van der Waals surface area contributed by atoms with Crippen molar-refractivity contribution in [3.05, 3.63) is 57.0 Å². The molecule has 18 heavy (non-hydrogen) atoms. The van der Waals surface area contributed by atoms with Crippen LogP contribution in [0.4, 0.5) is 0 Å². The van der Waals surface area contributed by atoms with Crippen LogP contribution in [-0.2, 0) is 0 Å². The summed E-state index contributed by atoms with van der Waals surface area (Å²) in [6, 6.07) is 12.8. The number of benzene rings is 2. The lowest BCUT2D eigenvalue weighted by atomic mass is 10.2. The van der Waals surface area contributed by atoms with E-state index in [0.717, 1.165) is 10.0 Å². The second kappa shape index (κ2) is 5.43. The van der Waals surface area contributed by atoms with Crippen LogP contribution in [0.3, 0.4) is 0 Å². The third kappa shape index (κ3) is 3.04. The van der Waals surface area contributed by atoms with E-state index < -0.39 is 0 Å². The molecule has 0 radical (unpaired) electrons. The van der Waals surface area contributed by atoms with Crippen LogP contribution in [0, 0.1) is 18.3 Å². The molecule has 0 amide bonds. The van der Waals surface area contributed by atoms with Crippen LogP contribution in [0.1, 0.15) is 11.1 Å². The summed E-state index contributed by atoms with van der Waals surface area (Å²) < 4.78 is 6.47. The van der Waals surface area contributed by atoms with Gasteiger partial charge in [-0.25, -0.2) is 0 Å². The lowest BCUT2D eigenvalue weighted by Crippen LogP contribution is -1.87. The zero-order chi connectivity index (χ0) is 13.1. The largest absolute Gasteiger partial charge is 0.456 e. The van der Waals surface area contributed by atoms with Crippen LogP contribution in [0.15, 0.2) is 40.9 Å². The van der Waals surface area contributed by atoms with Crippen molar-refractivity contribution in [2.75, 3.05) is 0 Å². The summed E-state index contributed by atoms with van der Waals surface area (Å²) >= 11 is 9.42. The molecule has 90 valence electrons. The standard InChI is InChI=1S/C14H9BrClNO/c1-9-2-3-14(13(16)4-9)18-12-6-10(8-17)5-11(15)7-12/h2-7H,1H3. The Morgan fingerprint density at radius 2 is 2.00 bits per heavy atom. The molecule has 4 heteroatoms. The third-order valence-corrected chi connectivity index (χ3v) is 3.07. The van der Waals surface area contributed by atoms with E-state index in [1.807, 2.05) is 25.1 Å². The maximum atomic E-state index is 8.89. The summed E-state index contributed by atoms with van der Waals surface area (Å²) in [6.45, 7) is 1.96. The maximum absolute atomic E-state index is 8.89. The van der Waals surface area contributed by atoms with Crippen LogP contribution in [0.5, 0.6) is 11.5 Å². The van der Waals surface area contributed by atoms with Gasteiger partial charge in [0.15, 0.2) is 0 Å². The quantitative estimate of drug-likeness (QED) is 0.773. The molecule has 0 aliphatic carbocycles. The van der Waals surface area contributed by atoms with Gasteiger partial charge in [-0.05, 0) is 42.8 Å². The van der Waals surface area contributed by atoms with Crippen molar-refractivity contribution in [2.45, 2.75) is 6.92 Å². The highest BCUT2D eigenvalue weighted by molar-refractivity contribution is 9.10. The molecule has 0 saturated carbocycles. The topological polar surface area (TPSA) is 33.0 Å². The Balaban J connectivity index is 2.34. The van der Waals surface area contributed by atoms with Gasteiger partial charge in [-0.2, -0.15) is 5.26 Å². The molecule has 0 aliphatic rings. The number of halogens is 2. The normalized spacial score (nSPS) is 9.89. The van der Waals surface area contributed by atoms with E-state index in [-0.39, 0.29) is 0 Å². The highest BCUT2D eigenvalue weighted by Gasteiger charge is 2.05. The number of rotatable bonds is 2. The van der Waals surface area contributed by atoms with Crippen molar-refractivity contribution in [1.82, 2.24) is 0 Å². The molecule has 0 bridgehead atoms. The van der Waals surface area contributed by atoms with Crippen LogP contribution in [-0.4, -0.2) is 0 Å². The minimum atomic E-state index is 0.530. The first-order valence-corrected chi connectivity index (χ1v) is 6.40. The highest BCUT2D eigenvalue weighted by atomic mass is 79.9. The van der Waals surface area contributed by atoms with Crippen LogP contribution >= 0.6 is 27.5 Å². The van der Waals surface area contributed by atoms with Crippen LogP contribution < -0.4 is 4.74 Å². The number of ether oxygens (including phenoxy) is 1. The average Bonchev–Trinajstić information content (AvgIpc) is 2.32. The zero-order valence-electron chi connectivity index (χ0n) is 9.58. The van der Waals surface area contributed by atoms with Gasteiger partial charge in [-0.3, -0.25) is 0 Å². The minimum absolute atomic E-state index is 0.530. The molecule has 0 aliphatic heterocycles. The lowest BCUT2D eigenvalue weighted by molar-refractivity contribution is 0.482. The summed E-state index contributed by atoms with van der Waals surface area (Å²) in [7, 11) is 0. The van der Waals surface area contributed by atoms with E-state index in [2.05, 4.69) is 22.0 Å². The number of hydrogen-bond donors (Lipinski definition) is 0. The molecule has 2 rings (SSSR count). The fourth-order valence-corrected chi connectivity index (χ4v) is 2.25. The van der Waals surface area contributed by atoms with Crippen molar-refractivity contribution in [3.63, 3.8) is 0 Å². The molecule has 0 spiro atoms. The third-order valence-electron chi connectivity index (χ3n) is 2.32. The predicted octanol–water partition coefficient (Wildman–Crippen LogP) is 5.07. The van der Waals surface area contributed by atoms with Crippen molar-refractivity contribution >= 4 is 27.5 Å². The number of nitrogens with zero attached hydrogens (tertiary/aromatic N) is 1. The van der Waals surface area contributed by atoms with Crippen molar-refractivity contribution < 1.29 is 4.74 Å². The summed E-state index contributed by atoms with van der Waals surface area (Å²) in [5.74, 6) is 1.15. The van der Waals surface area contributed by atoms with E-state index in [4.69, 9.17) is 21.6 Å². The number of hydrogen-bond acceptors (Lipinski definition) is 2. The predicted molar refractivity (Wildman–Crippen MR) is 75.1 cm³/mol. The van der Waals surface area contributed by atoms with Gasteiger partial charge >= 0.3 is 0 Å². The first kappa shape index (κ1) is 12.9. The second-order valence-corrected chi connectivity index (χ2v) is 5.15. The Bertz CT molecular complexity index is 634.